The number of hydrogen-bond acceptors (Lipinski definition) is 3. The van der Waals surface area contributed by atoms with Gasteiger partial charge in [-0.15, -0.1) is 0 Å². The first-order valence-electron chi connectivity index (χ1n) is 6.09. The van der Waals surface area contributed by atoms with Crippen molar-refractivity contribution >= 4 is 17.6 Å². The molecule has 0 amide bonds. The quantitative estimate of drug-likeness (QED) is 0.938. The minimum Gasteiger partial charge on any atom is -0.478 e. The number of halogens is 1. The third-order valence-electron chi connectivity index (χ3n) is 2.84. The Morgan fingerprint density at radius 3 is 2.60 bits per heavy atom. The van der Waals surface area contributed by atoms with E-state index in [1.807, 2.05) is 13.0 Å². The molecule has 0 atom stereocenters. The number of benzene rings is 1. The Balaban J connectivity index is 2.54. The van der Waals surface area contributed by atoms with Gasteiger partial charge in [-0.05, 0) is 30.7 Å². The number of aromatic carboxylic acids is 1. The maximum atomic E-state index is 11.3. The molecule has 2 rings (SSSR count). The predicted molar refractivity (Wildman–Crippen MR) is 74.2 cm³/mol. The summed E-state index contributed by atoms with van der Waals surface area (Å²) in [4.78, 5) is 11.3. The van der Waals surface area contributed by atoms with Crippen molar-refractivity contribution in [2.45, 2.75) is 19.8 Å². The number of carbonyl (C=O) groups is 1. The summed E-state index contributed by atoms with van der Waals surface area (Å²) in [6.07, 6.45) is 1.33. The minimum atomic E-state index is -1.08. The molecule has 20 heavy (non-hydrogen) atoms. The first-order valence-corrected chi connectivity index (χ1v) is 6.47. The molecule has 0 unspecified atom stereocenters. The van der Waals surface area contributed by atoms with Gasteiger partial charge in [-0.3, -0.25) is 0 Å². The van der Waals surface area contributed by atoms with Gasteiger partial charge in [0.05, 0.1) is 23.0 Å². The van der Waals surface area contributed by atoms with E-state index in [2.05, 4.69) is 5.10 Å². The Bertz CT molecular complexity index is 684. The number of carboxylic acids is 1. The zero-order valence-electron chi connectivity index (χ0n) is 10.8. The van der Waals surface area contributed by atoms with Crippen molar-refractivity contribution in [3.8, 4) is 11.8 Å². The maximum Gasteiger partial charge on any atom is 0.340 e. The molecule has 5 nitrogen and oxygen atoms in total. The third-order valence-corrected chi connectivity index (χ3v) is 3.19. The molecule has 0 bridgehead atoms. The smallest absolute Gasteiger partial charge is 0.340 e. The minimum absolute atomic E-state index is 0.0397. The van der Waals surface area contributed by atoms with Crippen LogP contribution < -0.4 is 0 Å². The van der Waals surface area contributed by atoms with Crippen molar-refractivity contribution < 1.29 is 9.90 Å². The lowest BCUT2D eigenvalue weighted by atomic mass is 10.2. The molecule has 1 aromatic heterocycles. The van der Waals surface area contributed by atoms with E-state index in [-0.39, 0.29) is 10.7 Å². The van der Waals surface area contributed by atoms with Crippen LogP contribution in [-0.4, -0.2) is 20.9 Å². The molecule has 0 aliphatic rings. The number of aryl methyl sites for hydroxylation is 1. The fourth-order valence-electron chi connectivity index (χ4n) is 1.91. The van der Waals surface area contributed by atoms with E-state index in [1.54, 1.807) is 24.3 Å². The number of aromatic nitrogens is 2. The summed E-state index contributed by atoms with van der Waals surface area (Å²) < 4.78 is 1.39. The molecule has 0 aliphatic heterocycles. The summed E-state index contributed by atoms with van der Waals surface area (Å²) in [5.41, 5.74) is 1.65. The molecule has 0 saturated carbocycles. The van der Waals surface area contributed by atoms with Crippen LogP contribution in [0.1, 0.15) is 35.0 Å². The van der Waals surface area contributed by atoms with Crippen molar-refractivity contribution in [2.75, 3.05) is 0 Å². The fourth-order valence-corrected chi connectivity index (χ4v) is 2.24. The van der Waals surface area contributed by atoms with Crippen LogP contribution >= 0.6 is 11.6 Å². The number of nitriles is 1. The average molecular weight is 290 g/mol. The summed E-state index contributed by atoms with van der Waals surface area (Å²) in [7, 11) is 0. The lowest BCUT2D eigenvalue weighted by molar-refractivity contribution is 0.0696. The lowest BCUT2D eigenvalue weighted by Gasteiger charge is -2.02. The van der Waals surface area contributed by atoms with Crippen molar-refractivity contribution in [1.29, 1.82) is 5.26 Å². The molecule has 102 valence electrons. The number of hydrogen-bond donors (Lipinski definition) is 1. The second kappa shape index (κ2) is 5.76. The summed E-state index contributed by atoms with van der Waals surface area (Å²) in [6.45, 7) is 1.94. The maximum absolute atomic E-state index is 11.3. The summed E-state index contributed by atoms with van der Waals surface area (Å²) in [5.74, 6) is -1.08. The van der Waals surface area contributed by atoms with Crippen molar-refractivity contribution in [3.63, 3.8) is 0 Å². The summed E-state index contributed by atoms with van der Waals surface area (Å²) >= 11 is 6.12. The highest BCUT2D eigenvalue weighted by Gasteiger charge is 2.22. The van der Waals surface area contributed by atoms with E-state index in [4.69, 9.17) is 16.9 Å². The van der Waals surface area contributed by atoms with Crippen LogP contribution in [0.15, 0.2) is 24.3 Å². The normalized spacial score (nSPS) is 10.2. The standard InChI is InChI=1S/C14H12ClN3O2/c1-2-3-11-12(14(19)20)13(15)18(17-11)10-6-4-9(8-16)5-7-10/h4-7H,2-3H2,1H3,(H,19,20). The summed E-state index contributed by atoms with van der Waals surface area (Å²) in [5, 5.41) is 22.3. The van der Waals surface area contributed by atoms with Crippen LogP contribution in [0, 0.1) is 11.3 Å². The fraction of sp³-hybridized carbons (Fsp3) is 0.214. The molecule has 0 fully saturated rings. The van der Waals surface area contributed by atoms with E-state index in [1.165, 1.54) is 4.68 Å². The van der Waals surface area contributed by atoms with Crippen LogP contribution in [0.2, 0.25) is 5.15 Å². The molecule has 0 spiro atoms. The number of rotatable bonds is 4. The van der Waals surface area contributed by atoms with Crippen LogP contribution in [0.5, 0.6) is 0 Å². The van der Waals surface area contributed by atoms with Crippen molar-refractivity contribution in [2.24, 2.45) is 0 Å². The van der Waals surface area contributed by atoms with Gasteiger partial charge in [0.15, 0.2) is 0 Å². The van der Waals surface area contributed by atoms with Gasteiger partial charge in [-0.25, -0.2) is 9.48 Å². The Labute approximate surface area is 121 Å². The zero-order valence-corrected chi connectivity index (χ0v) is 11.6. The number of carboxylic acid groups (broad SMARTS) is 1. The molecule has 1 aromatic carbocycles. The Morgan fingerprint density at radius 2 is 2.10 bits per heavy atom. The molecule has 1 N–H and O–H groups in total. The van der Waals surface area contributed by atoms with E-state index < -0.39 is 5.97 Å². The van der Waals surface area contributed by atoms with Gasteiger partial charge in [0.2, 0.25) is 0 Å². The van der Waals surface area contributed by atoms with E-state index in [0.717, 1.165) is 6.42 Å². The highest BCUT2D eigenvalue weighted by Crippen LogP contribution is 2.25. The van der Waals surface area contributed by atoms with Gasteiger partial charge in [0, 0.05) is 0 Å². The van der Waals surface area contributed by atoms with Gasteiger partial charge < -0.3 is 5.11 Å². The van der Waals surface area contributed by atoms with Gasteiger partial charge in [0.25, 0.3) is 0 Å². The highest BCUT2D eigenvalue weighted by molar-refractivity contribution is 6.32. The molecular weight excluding hydrogens is 278 g/mol. The van der Waals surface area contributed by atoms with Crippen LogP contribution in [-0.2, 0) is 6.42 Å². The van der Waals surface area contributed by atoms with Crippen molar-refractivity contribution in [3.05, 3.63) is 46.2 Å². The predicted octanol–water partition coefficient (Wildman–Crippen LogP) is 3.05. The first-order chi connectivity index (χ1) is 9.58. The molecular formula is C14H12ClN3O2. The Kier molecular flexibility index (Phi) is 4.06. The SMILES string of the molecule is CCCc1nn(-c2ccc(C#N)cc2)c(Cl)c1C(=O)O. The van der Waals surface area contributed by atoms with Gasteiger partial charge in [-0.1, -0.05) is 24.9 Å². The molecule has 0 aliphatic carbocycles. The highest BCUT2D eigenvalue weighted by atomic mass is 35.5. The summed E-state index contributed by atoms with van der Waals surface area (Å²) in [6, 6.07) is 8.64. The monoisotopic (exact) mass is 289 g/mol. The van der Waals surface area contributed by atoms with E-state index >= 15 is 0 Å². The van der Waals surface area contributed by atoms with Crippen LogP contribution in [0.4, 0.5) is 0 Å². The third kappa shape index (κ3) is 2.51. The topological polar surface area (TPSA) is 78.9 Å². The van der Waals surface area contributed by atoms with Gasteiger partial charge in [0.1, 0.15) is 10.7 Å². The second-order valence-corrected chi connectivity index (χ2v) is 4.60. The molecule has 1 heterocycles. The number of nitrogens with zero attached hydrogens (tertiary/aromatic N) is 3. The van der Waals surface area contributed by atoms with Crippen LogP contribution in [0.3, 0.4) is 0 Å². The molecule has 2 aromatic rings. The molecule has 6 heteroatoms. The Morgan fingerprint density at radius 1 is 1.45 bits per heavy atom. The van der Waals surface area contributed by atoms with Gasteiger partial charge >= 0.3 is 5.97 Å². The first kappa shape index (κ1) is 14.1. The van der Waals surface area contributed by atoms with Crippen LogP contribution in [0.25, 0.3) is 5.69 Å². The van der Waals surface area contributed by atoms with E-state index in [9.17, 15) is 9.90 Å². The lowest BCUT2D eigenvalue weighted by Crippen LogP contribution is -2.00. The molecule has 0 radical (unpaired) electrons. The van der Waals surface area contributed by atoms with Gasteiger partial charge in [-0.2, -0.15) is 10.4 Å². The van der Waals surface area contributed by atoms with Crippen molar-refractivity contribution in [1.82, 2.24) is 9.78 Å². The van der Waals surface area contributed by atoms with E-state index in [0.29, 0.717) is 23.4 Å². The zero-order chi connectivity index (χ0) is 14.7. The average Bonchev–Trinajstić information content (AvgIpc) is 2.76. The second-order valence-electron chi connectivity index (χ2n) is 4.24. The largest absolute Gasteiger partial charge is 0.478 e. The Hall–Kier alpha value is -2.32. The molecule has 0 saturated heterocycles.